The van der Waals surface area contributed by atoms with Crippen molar-refractivity contribution < 1.29 is 4.74 Å². The van der Waals surface area contributed by atoms with E-state index in [-0.39, 0.29) is 0 Å². The fourth-order valence-electron chi connectivity index (χ4n) is 1.17. The molecule has 0 bridgehead atoms. The molecule has 1 saturated carbocycles. The Morgan fingerprint density at radius 2 is 2.33 bits per heavy atom. The van der Waals surface area contributed by atoms with E-state index in [1.807, 2.05) is 0 Å². The fourth-order valence-corrected chi connectivity index (χ4v) is 2.57. The lowest BCUT2D eigenvalue weighted by Gasteiger charge is -2.25. The molecule has 0 aliphatic heterocycles. The molecule has 66 valence electrons. The molecule has 1 aromatic rings. The van der Waals surface area contributed by atoms with Gasteiger partial charge in [0.25, 0.3) is 0 Å². The molecule has 1 aliphatic carbocycles. The van der Waals surface area contributed by atoms with E-state index in [0.29, 0.717) is 6.10 Å². The molecular formula is C9H11BrOS. The van der Waals surface area contributed by atoms with Crippen molar-refractivity contribution in [2.75, 3.05) is 0 Å². The van der Waals surface area contributed by atoms with Crippen molar-refractivity contribution in [3.8, 4) is 0 Å². The third kappa shape index (κ3) is 2.09. The molecular weight excluding hydrogens is 236 g/mol. The summed E-state index contributed by atoms with van der Waals surface area (Å²) in [5.41, 5.74) is 0. The summed E-state index contributed by atoms with van der Waals surface area (Å²) < 4.78 is 6.86. The highest BCUT2D eigenvalue weighted by atomic mass is 79.9. The number of hydrogen-bond donors (Lipinski definition) is 0. The van der Waals surface area contributed by atoms with Crippen LogP contribution < -0.4 is 0 Å². The molecule has 0 N–H and O–H groups in total. The van der Waals surface area contributed by atoms with E-state index in [9.17, 15) is 0 Å². The van der Waals surface area contributed by atoms with Crippen LogP contribution in [0.4, 0.5) is 0 Å². The van der Waals surface area contributed by atoms with Crippen LogP contribution in [0.3, 0.4) is 0 Å². The molecule has 0 saturated heterocycles. The van der Waals surface area contributed by atoms with E-state index in [1.54, 1.807) is 11.3 Å². The van der Waals surface area contributed by atoms with Crippen LogP contribution in [0, 0.1) is 0 Å². The van der Waals surface area contributed by atoms with Gasteiger partial charge in [0.1, 0.15) is 0 Å². The van der Waals surface area contributed by atoms with Crippen molar-refractivity contribution in [1.82, 2.24) is 0 Å². The molecule has 2 rings (SSSR count). The van der Waals surface area contributed by atoms with E-state index in [4.69, 9.17) is 4.74 Å². The molecule has 0 atom stereocenters. The first-order chi connectivity index (χ1) is 5.84. The third-order valence-electron chi connectivity index (χ3n) is 2.14. The molecule has 0 unspecified atom stereocenters. The van der Waals surface area contributed by atoms with Crippen molar-refractivity contribution >= 4 is 27.3 Å². The Morgan fingerprint density at radius 1 is 1.50 bits per heavy atom. The topological polar surface area (TPSA) is 9.23 Å². The molecule has 0 spiro atoms. The highest BCUT2D eigenvalue weighted by Crippen LogP contribution is 2.26. The summed E-state index contributed by atoms with van der Waals surface area (Å²) in [5.74, 6) is 0. The van der Waals surface area contributed by atoms with E-state index in [1.165, 1.54) is 27.9 Å². The number of halogens is 1. The number of ether oxygens (including phenoxy) is 1. The normalized spacial score (nSPS) is 17.8. The van der Waals surface area contributed by atoms with Crippen LogP contribution in [-0.2, 0) is 11.3 Å². The lowest BCUT2D eigenvalue weighted by molar-refractivity contribution is -0.00744. The SMILES string of the molecule is Brc1ccc(COC2CCC2)s1. The molecule has 1 nitrogen and oxygen atoms in total. The van der Waals surface area contributed by atoms with Gasteiger partial charge in [0, 0.05) is 4.88 Å². The van der Waals surface area contributed by atoms with Gasteiger partial charge in [0.2, 0.25) is 0 Å². The summed E-state index contributed by atoms with van der Waals surface area (Å²) in [6.45, 7) is 0.793. The van der Waals surface area contributed by atoms with Crippen molar-refractivity contribution in [3.63, 3.8) is 0 Å². The van der Waals surface area contributed by atoms with Gasteiger partial charge in [-0.1, -0.05) is 0 Å². The lowest BCUT2D eigenvalue weighted by Crippen LogP contribution is -2.20. The van der Waals surface area contributed by atoms with Gasteiger partial charge < -0.3 is 4.74 Å². The van der Waals surface area contributed by atoms with Crippen molar-refractivity contribution in [2.24, 2.45) is 0 Å². The quantitative estimate of drug-likeness (QED) is 0.793. The summed E-state index contributed by atoms with van der Waals surface area (Å²) in [5, 5.41) is 0. The van der Waals surface area contributed by atoms with Gasteiger partial charge in [0.15, 0.2) is 0 Å². The first-order valence-electron chi connectivity index (χ1n) is 4.20. The van der Waals surface area contributed by atoms with Crippen LogP contribution in [0.15, 0.2) is 15.9 Å². The summed E-state index contributed by atoms with van der Waals surface area (Å²) in [7, 11) is 0. The fraction of sp³-hybridized carbons (Fsp3) is 0.556. The molecule has 1 aliphatic rings. The smallest absolute Gasteiger partial charge is 0.0813 e. The lowest BCUT2D eigenvalue weighted by atomic mass is 9.96. The summed E-state index contributed by atoms with van der Waals surface area (Å²) in [6, 6.07) is 4.19. The van der Waals surface area contributed by atoms with Gasteiger partial charge in [-0.3, -0.25) is 0 Å². The Balaban J connectivity index is 1.79. The Labute approximate surface area is 84.9 Å². The maximum Gasteiger partial charge on any atom is 0.0813 e. The highest BCUT2D eigenvalue weighted by Gasteiger charge is 2.17. The van der Waals surface area contributed by atoms with E-state index >= 15 is 0 Å². The minimum absolute atomic E-state index is 0.547. The molecule has 3 heteroatoms. The molecule has 0 radical (unpaired) electrons. The zero-order chi connectivity index (χ0) is 8.39. The van der Waals surface area contributed by atoms with Gasteiger partial charge in [-0.25, -0.2) is 0 Å². The predicted molar refractivity (Wildman–Crippen MR) is 54.4 cm³/mol. The minimum Gasteiger partial charge on any atom is -0.373 e. The molecule has 0 aromatic carbocycles. The van der Waals surface area contributed by atoms with Gasteiger partial charge in [-0.2, -0.15) is 0 Å². The Kier molecular flexibility index (Phi) is 2.84. The van der Waals surface area contributed by atoms with Crippen LogP contribution in [0.5, 0.6) is 0 Å². The van der Waals surface area contributed by atoms with Crippen molar-refractivity contribution in [2.45, 2.75) is 32.0 Å². The van der Waals surface area contributed by atoms with Crippen LogP contribution in [0.1, 0.15) is 24.1 Å². The second-order valence-corrected chi connectivity index (χ2v) is 5.62. The first kappa shape index (κ1) is 8.73. The number of thiophene rings is 1. The molecule has 1 aromatic heterocycles. The van der Waals surface area contributed by atoms with E-state index in [2.05, 4.69) is 28.1 Å². The first-order valence-corrected chi connectivity index (χ1v) is 5.81. The monoisotopic (exact) mass is 246 g/mol. The zero-order valence-electron chi connectivity index (χ0n) is 6.75. The van der Waals surface area contributed by atoms with Crippen LogP contribution in [0.25, 0.3) is 0 Å². The summed E-state index contributed by atoms with van der Waals surface area (Å²) >= 11 is 5.19. The zero-order valence-corrected chi connectivity index (χ0v) is 9.16. The highest BCUT2D eigenvalue weighted by molar-refractivity contribution is 9.11. The van der Waals surface area contributed by atoms with E-state index in [0.717, 1.165) is 6.61 Å². The van der Waals surface area contributed by atoms with Gasteiger partial charge in [-0.05, 0) is 47.3 Å². The number of hydrogen-bond acceptors (Lipinski definition) is 2. The average Bonchev–Trinajstić information content (AvgIpc) is 2.32. The molecule has 1 heterocycles. The minimum atomic E-state index is 0.547. The molecule has 12 heavy (non-hydrogen) atoms. The third-order valence-corrected chi connectivity index (χ3v) is 3.74. The predicted octanol–water partition coefficient (Wildman–Crippen LogP) is 3.58. The van der Waals surface area contributed by atoms with E-state index < -0.39 is 0 Å². The summed E-state index contributed by atoms with van der Waals surface area (Å²) in [6.07, 6.45) is 4.41. The van der Waals surface area contributed by atoms with Gasteiger partial charge in [0.05, 0.1) is 16.5 Å². The van der Waals surface area contributed by atoms with Gasteiger partial charge in [-0.15, -0.1) is 11.3 Å². The van der Waals surface area contributed by atoms with Crippen molar-refractivity contribution in [3.05, 3.63) is 20.8 Å². The van der Waals surface area contributed by atoms with Crippen LogP contribution in [0.2, 0.25) is 0 Å². The maximum atomic E-state index is 5.67. The second kappa shape index (κ2) is 3.90. The second-order valence-electron chi connectivity index (χ2n) is 3.07. The Morgan fingerprint density at radius 3 is 2.83 bits per heavy atom. The number of rotatable bonds is 3. The van der Waals surface area contributed by atoms with Crippen molar-refractivity contribution in [1.29, 1.82) is 0 Å². The average molecular weight is 247 g/mol. The Bertz CT molecular complexity index is 255. The largest absolute Gasteiger partial charge is 0.373 e. The van der Waals surface area contributed by atoms with Crippen LogP contribution in [-0.4, -0.2) is 6.10 Å². The maximum absolute atomic E-state index is 5.67. The Hall–Kier alpha value is 0.140. The molecule has 1 fully saturated rings. The van der Waals surface area contributed by atoms with Crippen LogP contribution >= 0.6 is 27.3 Å². The molecule has 0 amide bonds. The van der Waals surface area contributed by atoms with Gasteiger partial charge >= 0.3 is 0 Å². The standard InChI is InChI=1S/C9H11BrOS/c10-9-5-4-8(12-9)6-11-7-2-1-3-7/h4-5,7H,1-3,6H2. The summed E-state index contributed by atoms with van der Waals surface area (Å²) in [4.78, 5) is 1.31.